The number of anilines is 1. The second-order valence-corrected chi connectivity index (χ2v) is 9.39. The smallest absolute Gasteiger partial charge is 0.270 e. The molecule has 9 nitrogen and oxygen atoms in total. The van der Waals surface area contributed by atoms with Gasteiger partial charge in [-0.3, -0.25) is 9.59 Å². The summed E-state index contributed by atoms with van der Waals surface area (Å²) in [6, 6.07) is 0. The highest BCUT2D eigenvalue weighted by Gasteiger charge is 2.27. The van der Waals surface area contributed by atoms with E-state index in [1.54, 1.807) is 0 Å². The summed E-state index contributed by atoms with van der Waals surface area (Å²) >= 11 is 8.06. The summed E-state index contributed by atoms with van der Waals surface area (Å²) in [6.07, 6.45) is 4.42. The van der Waals surface area contributed by atoms with Gasteiger partial charge in [0, 0.05) is 11.8 Å². The SMILES string of the molecule is Nc1nc2nc(C3CC3)[nH]c(=O)c2s1.O=c1[nH]c(C2CC2)nc2nc(Cl)sc12. The molecule has 144 valence electrons. The van der Waals surface area contributed by atoms with Crippen molar-refractivity contribution >= 4 is 60.1 Å². The van der Waals surface area contributed by atoms with Crippen molar-refractivity contribution in [3.63, 3.8) is 0 Å². The summed E-state index contributed by atoms with van der Waals surface area (Å²) in [6.45, 7) is 0. The summed E-state index contributed by atoms with van der Waals surface area (Å²) in [4.78, 5) is 45.2. The number of halogens is 1. The zero-order valence-electron chi connectivity index (χ0n) is 14.4. The van der Waals surface area contributed by atoms with Crippen molar-refractivity contribution < 1.29 is 0 Å². The average molecular weight is 436 g/mol. The predicted molar refractivity (Wildman–Crippen MR) is 109 cm³/mol. The Morgan fingerprint density at radius 3 is 1.86 bits per heavy atom. The first-order chi connectivity index (χ1) is 13.5. The molecule has 4 aromatic rings. The van der Waals surface area contributed by atoms with Crippen molar-refractivity contribution in [2.75, 3.05) is 5.73 Å². The lowest BCUT2D eigenvalue weighted by Gasteiger charge is -1.94. The van der Waals surface area contributed by atoms with Crippen molar-refractivity contribution in [3.05, 3.63) is 36.8 Å². The van der Waals surface area contributed by atoms with Gasteiger partial charge in [0.2, 0.25) is 0 Å². The van der Waals surface area contributed by atoms with E-state index in [0.717, 1.165) is 37.3 Å². The number of fused-ring (bicyclic) bond motifs is 2. The first-order valence-electron chi connectivity index (χ1n) is 8.70. The van der Waals surface area contributed by atoms with Crippen LogP contribution in [0.2, 0.25) is 4.47 Å². The van der Waals surface area contributed by atoms with E-state index in [2.05, 4.69) is 29.9 Å². The van der Waals surface area contributed by atoms with Crippen molar-refractivity contribution in [2.24, 2.45) is 0 Å². The number of hydrogen-bond acceptors (Lipinski definition) is 9. The molecule has 0 bridgehead atoms. The maximum atomic E-state index is 11.6. The summed E-state index contributed by atoms with van der Waals surface area (Å²) in [5.41, 5.74) is 6.23. The van der Waals surface area contributed by atoms with Crippen LogP contribution in [0, 0.1) is 0 Å². The molecule has 0 radical (unpaired) electrons. The zero-order valence-corrected chi connectivity index (χ0v) is 16.7. The fourth-order valence-corrected chi connectivity index (χ4v) is 4.40. The third-order valence-electron chi connectivity index (χ3n) is 4.49. The van der Waals surface area contributed by atoms with Crippen LogP contribution in [-0.4, -0.2) is 29.9 Å². The van der Waals surface area contributed by atoms with E-state index >= 15 is 0 Å². The van der Waals surface area contributed by atoms with Crippen LogP contribution < -0.4 is 16.9 Å². The number of hydrogen-bond donors (Lipinski definition) is 3. The molecule has 4 heterocycles. The summed E-state index contributed by atoms with van der Waals surface area (Å²) in [7, 11) is 0. The van der Waals surface area contributed by atoms with Gasteiger partial charge in [0.1, 0.15) is 21.0 Å². The Morgan fingerprint density at radius 2 is 1.32 bits per heavy atom. The highest BCUT2D eigenvalue weighted by atomic mass is 35.5. The monoisotopic (exact) mass is 435 g/mol. The Labute approximate surface area is 170 Å². The van der Waals surface area contributed by atoms with Gasteiger partial charge in [0.05, 0.1) is 0 Å². The number of nitrogens with one attached hydrogen (secondary N) is 2. The molecule has 0 atom stereocenters. The van der Waals surface area contributed by atoms with Crippen molar-refractivity contribution in [1.82, 2.24) is 29.9 Å². The number of aromatic amines is 2. The maximum absolute atomic E-state index is 11.6. The number of nitrogens with two attached hydrogens (primary N) is 1. The minimum atomic E-state index is -0.124. The molecule has 2 saturated carbocycles. The molecule has 0 amide bonds. The number of nitrogen functional groups attached to an aromatic ring is 1. The molecule has 0 aromatic carbocycles. The first-order valence-corrected chi connectivity index (χ1v) is 10.7. The topological polar surface area (TPSA) is 143 Å². The fraction of sp³-hybridized carbons (Fsp3) is 0.375. The number of thiazole rings is 2. The van der Waals surface area contributed by atoms with E-state index in [-0.39, 0.29) is 11.1 Å². The Hall–Kier alpha value is -2.37. The van der Waals surface area contributed by atoms with Gasteiger partial charge >= 0.3 is 0 Å². The lowest BCUT2D eigenvalue weighted by Crippen LogP contribution is -2.09. The average Bonchev–Trinajstić information content (AvgIpc) is 3.56. The predicted octanol–water partition coefficient (Wildman–Crippen LogP) is 2.75. The van der Waals surface area contributed by atoms with Crippen molar-refractivity contribution in [2.45, 2.75) is 37.5 Å². The third kappa shape index (κ3) is 3.40. The van der Waals surface area contributed by atoms with E-state index in [4.69, 9.17) is 17.3 Å². The zero-order chi connectivity index (χ0) is 19.4. The van der Waals surface area contributed by atoms with E-state index in [1.807, 2.05) is 0 Å². The number of rotatable bonds is 2. The molecule has 2 aliphatic rings. The highest BCUT2D eigenvalue weighted by Crippen LogP contribution is 2.38. The maximum Gasteiger partial charge on any atom is 0.270 e. The number of aromatic nitrogens is 6. The number of nitrogens with zero attached hydrogens (tertiary/aromatic N) is 4. The lowest BCUT2D eigenvalue weighted by molar-refractivity contribution is 0.928. The minimum absolute atomic E-state index is 0.119. The van der Waals surface area contributed by atoms with Crippen molar-refractivity contribution in [3.8, 4) is 0 Å². The molecule has 6 rings (SSSR count). The van der Waals surface area contributed by atoms with Gasteiger partial charge in [-0.15, -0.1) is 0 Å². The Bertz CT molecular complexity index is 1210. The van der Waals surface area contributed by atoms with E-state index in [1.165, 1.54) is 22.7 Å². The lowest BCUT2D eigenvalue weighted by atomic mass is 10.4. The summed E-state index contributed by atoms with van der Waals surface area (Å²) < 4.78 is 1.40. The van der Waals surface area contributed by atoms with Gasteiger partial charge < -0.3 is 15.7 Å². The molecule has 12 heteroatoms. The normalized spacial score (nSPS) is 16.3. The molecular weight excluding hydrogens is 422 g/mol. The second-order valence-electron chi connectivity index (χ2n) is 6.78. The molecule has 0 saturated heterocycles. The van der Waals surface area contributed by atoms with Gasteiger partial charge in [-0.2, -0.15) is 0 Å². The van der Waals surface area contributed by atoms with Gasteiger partial charge in [0.15, 0.2) is 20.9 Å². The van der Waals surface area contributed by atoms with Crippen molar-refractivity contribution in [1.29, 1.82) is 0 Å². The van der Waals surface area contributed by atoms with Crippen LogP contribution in [0.25, 0.3) is 20.7 Å². The van der Waals surface area contributed by atoms with Gasteiger partial charge in [0.25, 0.3) is 11.1 Å². The molecule has 0 aliphatic heterocycles. The summed E-state index contributed by atoms with van der Waals surface area (Å²) in [5, 5.41) is 0.394. The molecule has 2 aliphatic carbocycles. The van der Waals surface area contributed by atoms with E-state index in [0.29, 0.717) is 42.1 Å². The van der Waals surface area contributed by atoms with Crippen LogP contribution >= 0.6 is 34.3 Å². The fourth-order valence-electron chi connectivity index (χ4n) is 2.79. The van der Waals surface area contributed by atoms with E-state index in [9.17, 15) is 9.59 Å². The highest BCUT2D eigenvalue weighted by molar-refractivity contribution is 7.22. The molecule has 0 spiro atoms. The summed E-state index contributed by atoms with van der Waals surface area (Å²) in [5.74, 6) is 2.36. The minimum Gasteiger partial charge on any atom is -0.375 e. The van der Waals surface area contributed by atoms with E-state index < -0.39 is 0 Å². The molecule has 0 unspecified atom stereocenters. The first kappa shape index (κ1) is 17.7. The van der Waals surface area contributed by atoms with Crippen LogP contribution in [0.3, 0.4) is 0 Å². The van der Waals surface area contributed by atoms with Gasteiger partial charge in [-0.05, 0) is 25.7 Å². The third-order valence-corrected chi connectivity index (χ3v) is 6.51. The molecule has 4 N–H and O–H groups in total. The van der Waals surface area contributed by atoms with Crippen LogP contribution in [0.1, 0.15) is 49.2 Å². The second kappa shape index (κ2) is 6.61. The van der Waals surface area contributed by atoms with Crippen LogP contribution in [-0.2, 0) is 0 Å². The van der Waals surface area contributed by atoms with Gasteiger partial charge in [-0.1, -0.05) is 34.3 Å². The van der Waals surface area contributed by atoms with Crippen LogP contribution in [0.5, 0.6) is 0 Å². The van der Waals surface area contributed by atoms with Gasteiger partial charge in [-0.25, -0.2) is 19.9 Å². The Kier molecular flexibility index (Phi) is 4.18. The Morgan fingerprint density at radius 1 is 0.821 bits per heavy atom. The molecule has 28 heavy (non-hydrogen) atoms. The molecular formula is C16H14ClN7O2S2. The Balaban J connectivity index is 0.000000122. The standard InChI is InChI=1S/C8H6ClN3OS.C8H8N4OS/c2*9-8-12-6-4(14-8)7(13)11-5(10-6)3-1-2-3/h3H,1-2H2,(H,10,11,13);3H,1-2H2,(H3,9,10,11,12,13). The largest absolute Gasteiger partial charge is 0.375 e. The van der Waals surface area contributed by atoms with Crippen LogP contribution in [0.15, 0.2) is 9.59 Å². The van der Waals surface area contributed by atoms with Crippen LogP contribution in [0.4, 0.5) is 5.13 Å². The molecule has 2 fully saturated rings. The quantitative estimate of drug-likeness (QED) is 0.439. The number of H-pyrrole nitrogens is 2. The molecule has 4 aromatic heterocycles.